The molecule has 3 atom stereocenters. The number of rotatable bonds is 10. The Kier molecular flexibility index (Phi) is 7.64. The predicted molar refractivity (Wildman–Crippen MR) is 90.2 cm³/mol. The van der Waals surface area contributed by atoms with Gasteiger partial charge in [-0.2, -0.15) is 0 Å². The van der Waals surface area contributed by atoms with E-state index in [1.807, 2.05) is 13.8 Å². The summed E-state index contributed by atoms with van der Waals surface area (Å²) in [5, 5.41) is 10.2. The first-order chi connectivity index (χ1) is 10.7. The number of halogens is 1. The summed E-state index contributed by atoms with van der Waals surface area (Å²) in [5.41, 5.74) is 0. The molecular weight excluding hydrogens is 317 g/mol. The highest BCUT2D eigenvalue weighted by molar-refractivity contribution is 7.89. The molecule has 0 radical (unpaired) electrons. The van der Waals surface area contributed by atoms with Gasteiger partial charge >= 0.3 is 0 Å². The molecule has 1 aromatic rings. The van der Waals surface area contributed by atoms with E-state index in [-0.39, 0.29) is 17.2 Å². The molecule has 0 aromatic heterocycles. The van der Waals surface area contributed by atoms with Gasteiger partial charge in [0.2, 0.25) is 15.9 Å². The van der Waals surface area contributed by atoms with Crippen LogP contribution in [0.4, 0.5) is 4.39 Å². The lowest BCUT2D eigenvalue weighted by molar-refractivity contribution is -0.130. The van der Waals surface area contributed by atoms with Crippen LogP contribution < -0.4 is 4.72 Å². The van der Waals surface area contributed by atoms with Crippen LogP contribution in [0.1, 0.15) is 52.9 Å². The van der Waals surface area contributed by atoms with Crippen molar-refractivity contribution in [2.24, 2.45) is 5.92 Å². The molecule has 23 heavy (non-hydrogen) atoms. The van der Waals surface area contributed by atoms with Crippen LogP contribution in [0.2, 0.25) is 0 Å². The number of unbranched alkanes of at least 4 members (excludes halogenated alkanes) is 2. The third-order valence-corrected chi connectivity index (χ3v) is 5.61. The summed E-state index contributed by atoms with van der Waals surface area (Å²) in [6.45, 7) is 5.57. The molecule has 6 heteroatoms. The molecule has 132 valence electrons. The summed E-state index contributed by atoms with van der Waals surface area (Å²) in [6, 6.07) is 6.65. The fraction of sp³-hybridized carbons (Fsp3) is 0.647. The second-order valence-electron chi connectivity index (χ2n) is 6.07. The fourth-order valence-corrected chi connectivity index (χ4v) is 3.89. The van der Waals surface area contributed by atoms with E-state index in [4.69, 9.17) is 0 Å². The molecule has 1 aromatic carbocycles. The van der Waals surface area contributed by atoms with E-state index in [9.17, 15) is 17.9 Å². The molecule has 0 heterocycles. The van der Waals surface area contributed by atoms with Crippen molar-refractivity contribution in [3.8, 4) is 0 Å². The van der Waals surface area contributed by atoms with E-state index in [1.165, 1.54) is 12.1 Å². The van der Waals surface area contributed by atoms with Crippen molar-refractivity contribution >= 4 is 10.0 Å². The molecule has 1 rings (SSSR count). The Balaban J connectivity index is 2.99. The highest BCUT2D eigenvalue weighted by Gasteiger charge is 2.41. The van der Waals surface area contributed by atoms with Gasteiger partial charge < -0.3 is 5.11 Å². The summed E-state index contributed by atoms with van der Waals surface area (Å²) in [6.07, 6.45) is 2.70. The molecule has 0 amide bonds. The summed E-state index contributed by atoms with van der Waals surface area (Å²) >= 11 is 0. The summed E-state index contributed by atoms with van der Waals surface area (Å²) < 4.78 is 42.1. The molecule has 0 bridgehead atoms. The number of sulfonamides is 1. The summed E-state index contributed by atoms with van der Waals surface area (Å²) in [7, 11) is -3.88. The minimum atomic E-state index is -3.88. The molecule has 0 saturated carbocycles. The van der Waals surface area contributed by atoms with Crippen molar-refractivity contribution in [2.45, 2.75) is 69.7 Å². The van der Waals surface area contributed by atoms with E-state index >= 15 is 0 Å². The normalized spacial score (nSPS) is 17.4. The van der Waals surface area contributed by atoms with E-state index in [0.717, 1.165) is 12.8 Å². The third-order valence-electron chi connectivity index (χ3n) is 4.16. The van der Waals surface area contributed by atoms with E-state index < -0.39 is 21.9 Å². The van der Waals surface area contributed by atoms with Crippen molar-refractivity contribution in [1.29, 1.82) is 0 Å². The lowest BCUT2D eigenvalue weighted by Crippen LogP contribution is -2.53. The molecule has 2 N–H and O–H groups in total. The SMILES string of the molecule is CCCCC[C@](O)(F)[C@@H](NS(=O)(=O)c1ccccc1)[C@@H](C)CC. The number of hydrogen-bond acceptors (Lipinski definition) is 3. The maximum absolute atomic E-state index is 14.8. The molecule has 0 unspecified atom stereocenters. The number of aliphatic hydroxyl groups is 1. The third kappa shape index (κ3) is 5.86. The summed E-state index contributed by atoms with van der Waals surface area (Å²) in [4.78, 5) is 0.0673. The zero-order valence-corrected chi connectivity index (χ0v) is 14.9. The van der Waals surface area contributed by atoms with Crippen LogP contribution in [0, 0.1) is 5.92 Å². The molecule has 0 saturated heterocycles. The first-order valence-corrected chi connectivity index (χ1v) is 9.71. The predicted octanol–water partition coefficient (Wildman–Crippen LogP) is 3.62. The molecule has 0 fully saturated rings. The van der Waals surface area contributed by atoms with Crippen LogP contribution in [-0.4, -0.2) is 25.4 Å². The number of hydrogen-bond donors (Lipinski definition) is 2. The number of alkyl halides is 1. The van der Waals surface area contributed by atoms with Gasteiger partial charge in [-0.1, -0.05) is 58.2 Å². The number of benzene rings is 1. The second-order valence-corrected chi connectivity index (χ2v) is 7.79. The van der Waals surface area contributed by atoms with Gasteiger partial charge in [-0.3, -0.25) is 0 Å². The first-order valence-electron chi connectivity index (χ1n) is 8.23. The van der Waals surface area contributed by atoms with Gasteiger partial charge in [0.25, 0.3) is 0 Å². The number of nitrogens with one attached hydrogen (secondary N) is 1. The van der Waals surface area contributed by atoms with Crippen LogP contribution in [0.15, 0.2) is 35.2 Å². The Bertz CT molecular complexity index is 560. The van der Waals surface area contributed by atoms with Gasteiger partial charge in [0.05, 0.1) is 10.9 Å². The molecule has 0 aliphatic rings. The Morgan fingerprint density at radius 3 is 2.35 bits per heavy atom. The monoisotopic (exact) mass is 345 g/mol. The van der Waals surface area contributed by atoms with E-state index in [0.29, 0.717) is 12.8 Å². The largest absolute Gasteiger partial charge is 0.360 e. The minimum Gasteiger partial charge on any atom is -0.360 e. The smallest absolute Gasteiger partial charge is 0.241 e. The zero-order valence-electron chi connectivity index (χ0n) is 14.1. The van der Waals surface area contributed by atoms with Crippen LogP contribution in [-0.2, 0) is 10.0 Å². The summed E-state index contributed by atoms with van der Waals surface area (Å²) in [5.74, 6) is -2.89. The lowest BCUT2D eigenvalue weighted by atomic mass is 9.90. The fourth-order valence-electron chi connectivity index (χ4n) is 2.49. The first kappa shape index (κ1) is 20.1. The van der Waals surface area contributed by atoms with E-state index in [2.05, 4.69) is 4.72 Å². The molecule has 0 spiro atoms. The lowest BCUT2D eigenvalue weighted by Gasteiger charge is -2.33. The Morgan fingerprint density at radius 1 is 1.22 bits per heavy atom. The standard InChI is InChI=1S/C17H28FNO3S/c1-4-6-10-13-17(18,20)16(14(3)5-2)19-23(21,22)15-11-8-7-9-12-15/h7-9,11-12,14,16,19-20H,4-6,10,13H2,1-3H3/t14-,16-,17+/m0/s1. The minimum absolute atomic E-state index is 0.0673. The Hall–Kier alpha value is -0.980. The van der Waals surface area contributed by atoms with Gasteiger partial charge in [0, 0.05) is 6.42 Å². The van der Waals surface area contributed by atoms with Gasteiger partial charge in [0.15, 0.2) is 0 Å². The quantitative estimate of drug-likeness (QED) is 0.637. The van der Waals surface area contributed by atoms with Crippen LogP contribution in [0.25, 0.3) is 0 Å². The van der Waals surface area contributed by atoms with Crippen LogP contribution in [0.3, 0.4) is 0 Å². The highest BCUT2D eigenvalue weighted by atomic mass is 32.2. The maximum atomic E-state index is 14.8. The van der Waals surface area contributed by atoms with Gasteiger partial charge in [-0.05, 0) is 24.5 Å². The van der Waals surface area contributed by atoms with Gasteiger partial charge in [0.1, 0.15) is 0 Å². The average molecular weight is 345 g/mol. The molecule has 0 aliphatic carbocycles. The Labute approximate surface area is 139 Å². The van der Waals surface area contributed by atoms with Crippen molar-refractivity contribution in [3.05, 3.63) is 30.3 Å². The van der Waals surface area contributed by atoms with Crippen molar-refractivity contribution in [3.63, 3.8) is 0 Å². The highest BCUT2D eigenvalue weighted by Crippen LogP contribution is 2.28. The second kappa shape index (κ2) is 8.76. The van der Waals surface area contributed by atoms with Gasteiger partial charge in [-0.25, -0.2) is 17.5 Å². The van der Waals surface area contributed by atoms with Crippen molar-refractivity contribution < 1.29 is 17.9 Å². The van der Waals surface area contributed by atoms with Gasteiger partial charge in [-0.15, -0.1) is 0 Å². The molecule has 4 nitrogen and oxygen atoms in total. The van der Waals surface area contributed by atoms with Crippen molar-refractivity contribution in [1.82, 2.24) is 4.72 Å². The average Bonchev–Trinajstić information content (AvgIpc) is 2.53. The zero-order chi connectivity index (χ0) is 17.5. The topological polar surface area (TPSA) is 66.4 Å². The van der Waals surface area contributed by atoms with Crippen LogP contribution in [0.5, 0.6) is 0 Å². The molecule has 0 aliphatic heterocycles. The molecular formula is C17H28FNO3S. The van der Waals surface area contributed by atoms with Crippen molar-refractivity contribution in [2.75, 3.05) is 0 Å². The Morgan fingerprint density at radius 2 is 1.83 bits per heavy atom. The maximum Gasteiger partial charge on any atom is 0.241 e. The van der Waals surface area contributed by atoms with E-state index in [1.54, 1.807) is 25.1 Å². The van der Waals surface area contributed by atoms with Crippen LogP contribution >= 0.6 is 0 Å².